The molecule has 0 spiro atoms. The van der Waals surface area contributed by atoms with Crippen molar-refractivity contribution in [2.45, 2.75) is 46.5 Å². The number of nitrogens with one attached hydrogen (secondary N) is 2. The van der Waals surface area contributed by atoms with E-state index in [0.717, 1.165) is 60.1 Å². The lowest BCUT2D eigenvalue weighted by Crippen LogP contribution is -2.48. The van der Waals surface area contributed by atoms with Gasteiger partial charge in [0.15, 0.2) is 0 Å². The Morgan fingerprint density at radius 3 is 2.57 bits per heavy atom. The van der Waals surface area contributed by atoms with Gasteiger partial charge in [0.05, 0.1) is 5.41 Å². The van der Waals surface area contributed by atoms with E-state index in [2.05, 4.69) is 33.5 Å². The van der Waals surface area contributed by atoms with E-state index >= 15 is 0 Å². The number of carbonyl (C=O) groups is 1. The van der Waals surface area contributed by atoms with Gasteiger partial charge in [0, 0.05) is 16.7 Å². The van der Waals surface area contributed by atoms with Crippen molar-refractivity contribution in [1.82, 2.24) is 5.32 Å². The molecule has 1 atom stereocenters. The van der Waals surface area contributed by atoms with E-state index in [0.29, 0.717) is 0 Å². The summed E-state index contributed by atoms with van der Waals surface area (Å²) < 4.78 is 1.05. The molecule has 0 bridgehead atoms. The van der Waals surface area contributed by atoms with Crippen molar-refractivity contribution in [3.8, 4) is 0 Å². The fourth-order valence-corrected chi connectivity index (χ4v) is 4.01. The van der Waals surface area contributed by atoms with E-state index in [1.165, 1.54) is 0 Å². The van der Waals surface area contributed by atoms with Crippen molar-refractivity contribution in [3.63, 3.8) is 0 Å². The Balaban J connectivity index is 2.23. The Hall–Kier alpha value is -0.870. The Kier molecular flexibility index (Phi) is 5.44. The van der Waals surface area contributed by atoms with E-state index in [-0.39, 0.29) is 11.3 Å². The maximum absolute atomic E-state index is 12.9. The number of amides is 1. The summed E-state index contributed by atoms with van der Waals surface area (Å²) in [4.78, 5) is 12.9. The fraction of sp³-hybridized carbons (Fsp3) is 0.588. The van der Waals surface area contributed by atoms with E-state index in [4.69, 9.17) is 0 Å². The van der Waals surface area contributed by atoms with Gasteiger partial charge in [-0.2, -0.15) is 0 Å². The third kappa shape index (κ3) is 3.67. The van der Waals surface area contributed by atoms with Gasteiger partial charge in [0.1, 0.15) is 0 Å². The molecule has 1 fully saturated rings. The summed E-state index contributed by atoms with van der Waals surface area (Å²) in [7, 11) is 0. The van der Waals surface area contributed by atoms with Crippen LogP contribution in [0.2, 0.25) is 0 Å². The Labute approximate surface area is 136 Å². The molecular formula is C17H25BrN2O. The maximum Gasteiger partial charge on any atom is 0.231 e. The van der Waals surface area contributed by atoms with Gasteiger partial charge >= 0.3 is 0 Å². The SMILES string of the molecule is CCCC1(C(=O)Nc2c(C)cc(Br)cc2C)CCCNC1. The average molecular weight is 353 g/mol. The number of aryl methyl sites for hydroxylation is 2. The van der Waals surface area contributed by atoms with Crippen LogP contribution in [0.15, 0.2) is 16.6 Å². The van der Waals surface area contributed by atoms with E-state index in [1.807, 2.05) is 26.0 Å². The summed E-state index contributed by atoms with van der Waals surface area (Å²) in [5.74, 6) is 0.171. The number of benzene rings is 1. The van der Waals surface area contributed by atoms with Gasteiger partial charge < -0.3 is 10.6 Å². The molecule has 1 aliphatic rings. The number of hydrogen-bond donors (Lipinski definition) is 2. The zero-order valence-electron chi connectivity index (χ0n) is 13.2. The Morgan fingerprint density at radius 2 is 2.05 bits per heavy atom. The monoisotopic (exact) mass is 352 g/mol. The summed E-state index contributed by atoms with van der Waals surface area (Å²) in [6.07, 6.45) is 4.04. The topological polar surface area (TPSA) is 41.1 Å². The molecule has 0 aliphatic carbocycles. The van der Waals surface area contributed by atoms with Crippen molar-refractivity contribution in [3.05, 3.63) is 27.7 Å². The normalized spacial score (nSPS) is 22.1. The molecule has 1 aromatic carbocycles. The highest BCUT2D eigenvalue weighted by molar-refractivity contribution is 9.10. The second kappa shape index (κ2) is 6.93. The van der Waals surface area contributed by atoms with Crippen molar-refractivity contribution >= 4 is 27.5 Å². The molecule has 1 aromatic rings. The summed E-state index contributed by atoms with van der Waals surface area (Å²) >= 11 is 3.50. The lowest BCUT2D eigenvalue weighted by Gasteiger charge is -2.36. The molecule has 1 heterocycles. The van der Waals surface area contributed by atoms with Crippen LogP contribution in [-0.4, -0.2) is 19.0 Å². The van der Waals surface area contributed by atoms with Gasteiger partial charge in [-0.1, -0.05) is 29.3 Å². The summed E-state index contributed by atoms with van der Waals surface area (Å²) in [6, 6.07) is 4.10. The molecule has 2 N–H and O–H groups in total. The average Bonchev–Trinajstić information content (AvgIpc) is 2.44. The molecule has 1 aliphatic heterocycles. The number of hydrogen-bond acceptors (Lipinski definition) is 2. The molecule has 4 heteroatoms. The summed E-state index contributed by atoms with van der Waals surface area (Å²) in [6.45, 7) is 8.05. The number of halogens is 1. The minimum Gasteiger partial charge on any atom is -0.325 e. The van der Waals surface area contributed by atoms with Gasteiger partial charge in [-0.25, -0.2) is 0 Å². The quantitative estimate of drug-likeness (QED) is 0.853. The van der Waals surface area contributed by atoms with Gasteiger partial charge in [0.25, 0.3) is 0 Å². The smallest absolute Gasteiger partial charge is 0.231 e. The molecular weight excluding hydrogens is 328 g/mol. The van der Waals surface area contributed by atoms with Crippen LogP contribution in [0.3, 0.4) is 0 Å². The number of rotatable bonds is 4. The van der Waals surface area contributed by atoms with E-state index < -0.39 is 0 Å². The van der Waals surface area contributed by atoms with E-state index in [9.17, 15) is 4.79 Å². The molecule has 21 heavy (non-hydrogen) atoms. The summed E-state index contributed by atoms with van der Waals surface area (Å²) in [5, 5.41) is 6.60. The van der Waals surface area contributed by atoms with Crippen LogP contribution in [0.5, 0.6) is 0 Å². The third-order valence-corrected chi connectivity index (χ3v) is 4.88. The molecule has 116 valence electrons. The molecule has 1 unspecified atom stereocenters. The largest absolute Gasteiger partial charge is 0.325 e. The highest BCUT2D eigenvalue weighted by Gasteiger charge is 2.38. The number of piperidine rings is 1. The highest BCUT2D eigenvalue weighted by atomic mass is 79.9. The molecule has 0 aromatic heterocycles. The minimum absolute atomic E-state index is 0.171. The van der Waals surface area contributed by atoms with Crippen LogP contribution >= 0.6 is 15.9 Å². The first-order chi connectivity index (χ1) is 9.98. The van der Waals surface area contributed by atoms with Gasteiger partial charge in [-0.3, -0.25) is 4.79 Å². The first-order valence-corrected chi connectivity index (χ1v) is 8.57. The predicted molar refractivity (Wildman–Crippen MR) is 91.7 cm³/mol. The molecule has 1 amide bonds. The molecule has 0 saturated carbocycles. The van der Waals surface area contributed by atoms with Crippen LogP contribution in [0.4, 0.5) is 5.69 Å². The summed E-state index contributed by atoms with van der Waals surface area (Å²) in [5.41, 5.74) is 2.92. The molecule has 1 saturated heterocycles. The lowest BCUT2D eigenvalue weighted by atomic mass is 9.76. The van der Waals surface area contributed by atoms with Crippen molar-refractivity contribution < 1.29 is 4.79 Å². The van der Waals surface area contributed by atoms with Crippen LogP contribution in [0.1, 0.15) is 43.7 Å². The van der Waals surface area contributed by atoms with Crippen molar-refractivity contribution in [1.29, 1.82) is 0 Å². The van der Waals surface area contributed by atoms with Crippen molar-refractivity contribution in [2.24, 2.45) is 5.41 Å². The standard InChI is InChI=1S/C17H25BrN2O/c1-4-6-17(7-5-8-19-11-17)16(21)20-15-12(2)9-14(18)10-13(15)3/h9-10,19H,4-8,11H2,1-3H3,(H,20,21). The number of anilines is 1. The van der Waals surface area contributed by atoms with Crippen molar-refractivity contribution in [2.75, 3.05) is 18.4 Å². The minimum atomic E-state index is -0.251. The first-order valence-electron chi connectivity index (χ1n) is 7.77. The zero-order chi connectivity index (χ0) is 15.5. The second-order valence-corrected chi connectivity index (χ2v) is 7.10. The second-order valence-electron chi connectivity index (χ2n) is 6.18. The predicted octanol–water partition coefficient (Wildman–Crippen LogP) is 4.17. The zero-order valence-corrected chi connectivity index (χ0v) is 14.8. The highest BCUT2D eigenvalue weighted by Crippen LogP contribution is 2.34. The molecule has 3 nitrogen and oxygen atoms in total. The first kappa shape index (κ1) is 16.5. The number of carbonyl (C=O) groups excluding carboxylic acids is 1. The van der Waals surface area contributed by atoms with Crippen LogP contribution in [0, 0.1) is 19.3 Å². The Morgan fingerprint density at radius 1 is 1.38 bits per heavy atom. The van der Waals surface area contributed by atoms with Gasteiger partial charge in [-0.15, -0.1) is 0 Å². The maximum atomic E-state index is 12.9. The van der Waals surface area contributed by atoms with Crippen LogP contribution in [-0.2, 0) is 4.79 Å². The fourth-order valence-electron chi connectivity index (χ4n) is 3.32. The Bertz CT molecular complexity index is 493. The van der Waals surface area contributed by atoms with E-state index in [1.54, 1.807) is 0 Å². The lowest BCUT2D eigenvalue weighted by molar-refractivity contribution is -0.127. The van der Waals surface area contributed by atoms with Gasteiger partial charge in [-0.05, 0) is 62.9 Å². The van der Waals surface area contributed by atoms with Crippen LogP contribution < -0.4 is 10.6 Å². The molecule has 2 rings (SSSR count). The molecule has 0 radical (unpaired) electrons. The van der Waals surface area contributed by atoms with Crippen LogP contribution in [0.25, 0.3) is 0 Å². The van der Waals surface area contributed by atoms with Gasteiger partial charge in [0.2, 0.25) is 5.91 Å². The third-order valence-electron chi connectivity index (χ3n) is 4.42.